The third-order valence-corrected chi connectivity index (χ3v) is 7.51. The van der Waals surface area contributed by atoms with Crippen LogP contribution < -0.4 is 0 Å². The van der Waals surface area contributed by atoms with Gasteiger partial charge in [-0.3, -0.25) is 4.79 Å². The van der Waals surface area contributed by atoms with Crippen molar-refractivity contribution in [1.29, 1.82) is 0 Å². The number of aromatic nitrogens is 1. The van der Waals surface area contributed by atoms with Crippen molar-refractivity contribution in [2.75, 3.05) is 13.6 Å². The molecule has 0 N–H and O–H groups in total. The van der Waals surface area contributed by atoms with Crippen LogP contribution in [0.1, 0.15) is 35.2 Å². The van der Waals surface area contributed by atoms with E-state index in [0.29, 0.717) is 22.9 Å². The van der Waals surface area contributed by atoms with E-state index in [1.807, 2.05) is 12.1 Å². The molecule has 1 aliphatic rings. The van der Waals surface area contributed by atoms with Crippen molar-refractivity contribution >= 4 is 33.2 Å². The first-order valence-corrected chi connectivity index (χ1v) is 11.6. The highest BCUT2D eigenvalue weighted by Crippen LogP contribution is 2.33. The van der Waals surface area contributed by atoms with Crippen molar-refractivity contribution in [1.82, 2.24) is 14.5 Å². The topological polar surface area (TPSA) is 109 Å². The SMILES string of the molecule is Cc1noc(C)c1S(=O)(=O)N(C)CC(=O)N1N=C(c2ccc(Cl)cc2)C[C@H]1c1ccco1. The van der Waals surface area contributed by atoms with Crippen molar-refractivity contribution in [2.45, 2.75) is 31.2 Å². The van der Waals surface area contributed by atoms with Crippen LogP contribution in [0.5, 0.6) is 0 Å². The third kappa shape index (κ3) is 4.08. The van der Waals surface area contributed by atoms with Gasteiger partial charge in [0.2, 0.25) is 10.0 Å². The van der Waals surface area contributed by atoms with Gasteiger partial charge in [-0.2, -0.15) is 9.41 Å². The minimum Gasteiger partial charge on any atom is -0.467 e. The Morgan fingerprint density at radius 3 is 2.56 bits per heavy atom. The molecule has 0 spiro atoms. The summed E-state index contributed by atoms with van der Waals surface area (Å²) in [4.78, 5) is 13.1. The molecule has 0 fully saturated rings. The molecule has 11 heteroatoms. The lowest BCUT2D eigenvalue weighted by atomic mass is 10.0. The summed E-state index contributed by atoms with van der Waals surface area (Å²) in [7, 11) is -2.65. The van der Waals surface area contributed by atoms with Crippen molar-refractivity contribution in [2.24, 2.45) is 5.10 Å². The van der Waals surface area contributed by atoms with E-state index in [1.165, 1.54) is 32.2 Å². The molecule has 1 aliphatic heterocycles. The zero-order valence-electron chi connectivity index (χ0n) is 17.6. The standard InChI is InChI=1S/C21H21ClN4O5S/c1-13-21(14(2)31-24-13)32(28,29)25(3)12-20(27)26-18(19-5-4-10-30-19)11-17(23-26)15-6-8-16(22)9-7-15/h4-10,18H,11-12H2,1-3H3/t18-/m0/s1. The number of rotatable bonds is 6. The Balaban J connectivity index is 1.61. The van der Waals surface area contributed by atoms with E-state index < -0.39 is 28.5 Å². The second-order valence-electron chi connectivity index (χ2n) is 7.44. The lowest BCUT2D eigenvalue weighted by molar-refractivity contribution is -0.133. The summed E-state index contributed by atoms with van der Waals surface area (Å²) in [5.74, 6) is 0.231. The quantitative estimate of drug-likeness (QED) is 0.538. The first-order chi connectivity index (χ1) is 15.2. The van der Waals surface area contributed by atoms with Gasteiger partial charge >= 0.3 is 0 Å². The van der Waals surface area contributed by atoms with E-state index >= 15 is 0 Å². The number of halogens is 1. The molecule has 9 nitrogen and oxygen atoms in total. The first-order valence-electron chi connectivity index (χ1n) is 9.76. The number of furan rings is 1. The van der Waals surface area contributed by atoms with Gasteiger partial charge in [-0.25, -0.2) is 13.4 Å². The number of amides is 1. The van der Waals surface area contributed by atoms with E-state index in [1.54, 1.807) is 24.3 Å². The number of hydrogen-bond acceptors (Lipinski definition) is 7. The van der Waals surface area contributed by atoms with Gasteiger partial charge in [-0.1, -0.05) is 28.9 Å². The van der Waals surface area contributed by atoms with Crippen LogP contribution in [-0.2, 0) is 14.8 Å². The molecule has 0 saturated carbocycles. The Labute approximate surface area is 190 Å². The van der Waals surface area contributed by atoms with Crippen LogP contribution >= 0.6 is 11.6 Å². The number of likely N-dealkylation sites (N-methyl/N-ethyl adjacent to an activating group) is 1. The zero-order valence-corrected chi connectivity index (χ0v) is 19.2. The molecule has 168 valence electrons. The molecule has 1 aromatic carbocycles. The smallest absolute Gasteiger partial charge is 0.258 e. The molecule has 0 aliphatic carbocycles. The number of aryl methyl sites for hydroxylation is 2. The molecular formula is C21H21ClN4O5S. The molecule has 0 radical (unpaired) electrons. The highest BCUT2D eigenvalue weighted by molar-refractivity contribution is 7.89. The molecule has 0 saturated heterocycles. The number of carbonyl (C=O) groups is 1. The number of nitrogens with zero attached hydrogens (tertiary/aromatic N) is 4. The van der Waals surface area contributed by atoms with E-state index in [9.17, 15) is 13.2 Å². The molecule has 32 heavy (non-hydrogen) atoms. The van der Waals surface area contributed by atoms with Crippen molar-refractivity contribution in [3.8, 4) is 0 Å². The maximum absolute atomic E-state index is 13.2. The van der Waals surface area contributed by atoms with Gasteiger partial charge < -0.3 is 8.94 Å². The summed E-state index contributed by atoms with van der Waals surface area (Å²) in [6, 6.07) is 10.1. The van der Waals surface area contributed by atoms with Crippen LogP contribution in [-0.4, -0.2) is 48.1 Å². The minimum absolute atomic E-state index is 0.0397. The molecule has 3 heterocycles. The largest absolute Gasteiger partial charge is 0.467 e. The zero-order chi connectivity index (χ0) is 23.0. The van der Waals surface area contributed by atoms with Gasteiger partial charge in [-0.15, -0.1) is 0 Å². The van der Waals surface area contributed by atoms with E-state index in [0.717, 1.165) is 9.87 Å². The molecule has 1 atom stereocenters. The number of hydrogen-bond donors (Lipinski definition) is 0. The van der Waals surface area contributed by atoms with Gasteiger partial charge in [0.05, 0.1) is 18.5 Å². The number of benzene rings is 1. The monoisotopic (exact) mass is 476 g/mol. The van der Waals surface area contributed by atoms with Gasteiger partial charge in [0.1, 0.15) is 22.4 Å². The highest BCUT2D eigenvalue weighted by atomic mass is 35.5. The van der Waals surface area contributed by atoms with Crippen molar-refractivity contribution in [3.05, 3.63) is 70.5 Å². The van der Waals surface area contributed by atoms with E-state index in [4.69, 9.17) is 20.5 Å². The lowest BCUT2D eigenvalue weighted by Crippen LogP contribution is -2.39. The fourth-order valence-corrected chi connectivity index (χ4v) is 5.14. The summed E-state index contributed by atoms with van der Waals surface area (Å²) in [6.45, 7) is 2.63. The fourth-order valence-electron chi connectivity index (χ4n) is 3.61. The third-order valence-electron chi connectivity index (χ3n) is 5.21. The van der Waals surface area contributed by atoms with Gasteiger partial charge in [0.15, 0.2) is 5.76 Å². The molecule has 4 rings (SSSR count). The minimum atomic E-state index is -3.98. The van der Waals surface area contributed by atoms with Crippen LogP contribution in [0.15, 0.2) is 61.6 Å². The number of sulfonamides is 1. The Bertz CT molecular complexity index is 1250. The maximum Gasteiger partial charge on any atom is 0.258 e. The molecule has 2 aromatic heterocycles. The fraction of sp³-hybridized carbons (Fsp3) is 0.286. The second-order valence-corrected chi connectivity index (χ2v) is 9.86. The van der Waals surface area contributed by atoms with Crippen LogP contribution in [0.25, 0.3) is 0 Å². The van der Waals surface area contributed by atoms with E-state index in [-0.39, 0.29) is 16.3 Å². The Hall–Kier alpha value is -2.95. The van der Waals surface area contributed by atoms with Gasteiger partial charge in [-0.05, 0) is 43.7 Å². The highest BCUT2D eigenvalue weighted by Gasteiger charge is 2.37. The van der Waals surface area contributed by atoms with Crippen LogP contribution in [0.2, 0.25) is 5.02 Å². The average Bonchev–Trinajstić information content (AvgIpc) is 3.48. The van der Waals surface area contributed by atoms with Crippen LogP contribution in [0, 0.1) is 13.8 Å². The number of hydrazone groups is 1. The van der Waals surface area contributed by atoms with E-state index in [2.05, 4.69) is 10.3 Å². The predicted octanol–water partition coefficient (Wildman–Crippen LogP) is 3.54. The van der Waals surface area contributed by atoms with Crippen LogP contribution in [0.4, 0.5) is 0 Å². The maximum atomic E-state index is 13.2. The lowest BCUT2D eigenvalue weighted by Gasteiger charge is -2.23. The first kappa shape index (κ1) is 22.3. The molecule has 0 unspecified atom stereocenters. The summed E-state index contributed by atoms with van der Waals surface area (Å²) < 4.78 is 37.5. The number of carbonyl (C=O) groups excluding carboxylic acids is 1. The Morgan fingerprint density at radius 1 is 1.25 bits per heavy atom. The normalized spacial score (nSPS) is 16.6. The predicted molar refractivity (Wildman–Crippen MR) is 117 cm³/mol. The van der Waals surface area contributed by atoms with Gasteiger partial charge in [0, 0.05) is 18.5 Å². The molecule has 0 bridgehead atoms. The molecule has 3 aromatic rings. The summed E-state index contributed by atoms with van der Waals surface area (Å²) in [5, 5.41) is 10.1. The van der Waals surface area contributed by atoms with Crippen molar-refractivity contribution < 1.29 is 22.2 Å². The second kappa shape index (κ2) is 8.53. The summed E-state index contributed by atoms with van der Waals surface area (Å²) >= 11 is 5.98. The Morgan fingerprint density at radius 2 is 1.97 bits per heavy atom. The summed E-state index contributed by atoms with van der Waals surface area (Å²) in [6.07, 6.45) is 1.94. The molecular weight excluding hydrogens is 456 g/mol. The summed E-state index contributed by atoms with van der Waals surface area (Å²) in [5.41, 5.74) is 1.73. The van der Waals surface area contributed by atoms with Crippen molar-refractivity contribution in [3.63, 3.8) is 0 Å². The molecule has 1 amide bonds. The van der Waals surface area contributed by atoms with Crippen LogP contribution in [0.3, 0.4) is 0 Å². The average molecular weight is 477 g/mol. The Kier molecular flexibility index (Phi) is 5.93. The van der Waals surface area contributed by atoms with Gasteiger partial charge in [0.25, 0.3) is 5.91 Å².